The van der Waals surface area contributed by atoms with E-state index < -0.39 is 10.0 Å². The van der Waals surface area contributed by atoms with Crippen LogP contribution in [0.5, 0.6) is 5.75 Å². The number of hydrogen-bond donors (Lipinski definition) is 1. The molecule has 0 spiro atoms. The monoisotopic (exact) mass is 416 g/mol. The molecular weight excluding hydrogens is 392 g/mol. The summed E-state index contributed by atoms with van der Waals surface area (Å²) >= 11 is 5.99. The van der Waals surface area contributed by atoms with E-state index in [4.69, 9.17) is 21.1 Å². The quantitative estimate of drug-likeness (QED) is 0.767. The molecule has 0 radical (unpaired) electrons. The number of nitrogens with zero attached hydrogens (tertiary/aromatic N) is 1. The Morgan fingerprint density at radius 2 is 2.19 bits per heavy atom. The average molecular weight is 417 g/mol. The molecule has 9 heteroatoms. The van der Waals surface area contributed by atoms with Crippen molar-refractivity contribution in [3.8, 4) is 5.75 Å². The minimum atomic E-state index is -3.81. The molecule has 2 fully saturated rings. The minimum Gasteiger partial charge on any atom is -0.495 e. The lowest BCUT2D eigenvalue weighted by Gasteiger charge is -2.31. The van der Waals surface area contributed by atoms with Crippen LogP contribution >= 0.6 is 11.6 Å². The fourth-order valence-corrected chi connectivity index (χ4v) is 5.47. The molecule has 2 atom stereocenters. The third-order valence-electron chi connectivity index (χ3n) is 5.03. The summed E-state index contributed by atoms with van der Waals surface area (Å²) < 4.78 is 38.2. The number of nitrogens with one attached hydrogen (secondary N) is 1. The molecule has 2 heterocycles. The number of methoxy groups -OCH3 is 1. The van der Waals surface area contributed by atoms with Gasteiger partial charge in [-0.05, 0) is 43.9 Å². The van der Waals surface area contributed by atoms with E-state index in [0.717, 1.165) is 19.4 Å². The predicted molar refractivity (Wildman–Crippen MR) is 101 cm³/mol. The highest BCUT2D eigenvalue weighted by atomic mass is 35.5. The Morgan fingerprint density at radius 1 is 1.37 bits per heavy atom. The van der Waals surface area contributed by atoms with Gasteiger partial charge in [0, 0.05) is 31.3 Å². The highest BCUT2D eigenvalue weighted by molar-refractivity contribution is 7.89. The highest BCUT2D eigenvalue weighted by Gasteiger charge is 2.35. The maximum atomic E-state index is 13.1. The lowest BCUT2D eigenvalue weighted by molar-refractivity contribution is -0.126. The lowest BCUT2D eigenvalue weighted by Crippen LogP contribution is -2.46. The third-order valence-corrected chi connectivity index (χ3v) is 7.15. The first kappa shape index (κ1) is 20.4. The first-order valence-electron chi connectivity index (χ1n) is 9.15. The van der Waals surface area contributed by atoms with Crippen LogP contribution in [0.25, 0.3) is 0 Å². The first-order chi connectivity index (χ1) is 12.9. The molecule has 3 rings (SSSR count). The Morgan fingerprint density at radius 3 is 2.89 bits per heavy atom. The molecule has 2 aliphatic heterocycles. The van der Waals surface area contributed by atoms with Gasteiger partial charge in [-0.2, -0.15) is 4.31 Å². The van der Waals surface area contributed by atoms with E-state index in [-0.39, 0.29) is 35.1 Å². The zero-order valence-electron chi connectivity index (χ0n) is 15.3. The zero-order chi connectivity index (χ0) is 19.4. The molecule has 1 aromatic rings. The van der Waals surface area contributed by atoms with Gasteiger partial charge in [-0.1, -0.05) is 11.6 Å². The van der Waals surface area contributed by atoms with Crippen LogP contribution < -0.4 is 10.1 Å². The number of piperidine rings is 1. The van der Waals surface area contributed by atoms with Gasteiger partial charge in [0.2, 0.25) is 15.9 Å². The van der Waals surface area contributed by atoms with E-state index in [1.807, 2.05) is 0 Å². The fraction of sp³-hybridized carbons (Fsp3) is 0.611. The summed E-state index contributed by atoms with van der Waals surface area (Å²) in [5.41, 5.74) is 0. The third kappa shape index (κ3) is 4.74. The van der Waals surface area contributed by atoms with E-state index >= 15 is 0 Å². The standard InChI is InChI=1S/C18H25ClN2O5S/c1-25-16-7-6-14(19)10-17(16)27(23,24)21-8-2-4-13(12-21)18(22)20-11-15-5-3-9-26-15/h6-7,10,13,15H,2-5,8-9,11-12H2,1H3,(H,20,22)/t13-,15-/m1/s1. The summed E-state index contributed by atoms with van der Waals surface area (Å²) in [4.78, 5) is 12.5. The molecule has 2 aliphatic rings. The number of hydrogen-bond acceptors (Lipinski definition) is 5. The van der Waals surface area contributed by atoms with Crippen LogP contribution in [0, 0.1) is 5.92 Å². The molecule has 1 N–H and O–H groups in total. The largest absolute Gasteiger partial charge is 0.495 e. The van der Waals surface area contributed by atoms with Crippen molar-refractivity contribution >= 4 is 27.5 Å². The molecule has 0 aliphatic carbocycles. The number of carbonyl (C=O) groups excluding carboxylic acids is 1. The van der Waals surface area contributed by atoms with Gasteiger partial charge in [-0.15, -0.1) is 0 Å². The fourth-order valence-electron chi connectivity index (χ4n) is 3.53. The molecule has 27 heavy (non-hydrogen) atoms. The SMILES string of the molecule is COc1ccc(Cl)cc1S(=O)(=O)N1CCC[C@@H](C(=O)NC[C@H]2CCCO2)C1. The molecule has 7 nitrogen and oxygen atoms in total. The number of rotatable bonds is 6. The van der Waals surface area contributed by atoms with Crippen molar-refractivity contribution in [2.45, 2.75) is 36.7 Å². The number of ether oxygens (including phenoxy) is 2. The second-order valence-electron chi connectivity index (χ2n) is 6.88. The van der Waals surface area contributed by atoms with Crippen LogP contribution in [0.2, 0.25) is 5.02 Å². The summed E-state index contributed by atoms with van der Waals surface area (Å²) in [6.07, 6.45) is 3.31. The van der Waals surface area contributed by atoms with Crippen molar-refractivity contribution < 1.29 is 22.7 Å². The molecule has 150 valence electrons. The number of halogens is 1. The Balaban J connectivity index is 1.69. The Hall–Kier alpha value is -1.35. The summed E-state index contributed by atoms with van der Waals surface area (Å²) in [7, 11) is -2.39. The van der Waals surface area contributed by atoms with Crippen molar-refractivity contribution in [1.29, 1.82) is 0 Å². The van der Waals surface area contributed by atoms with E-state index in [2.05, 4.69) is 5.32 Å². The maximum Gasteiger partial charge on any atom is 0.246 e. The topological polar surface area (TPSA) is 84.9 Å². The van der Waals surface area contributed by atoms with E-state index in [1.54, 1.807) is 6.07 Å². The van der Waals surface area contributed by atoms with Crippen LogP contribution in [-0.2, 0) is 19.6 Å². The molecule has 1 aromatic carbocycles. The van der Waals surface area contributed by atoms with Crippen molar-refractivity contribution in [2.75, 3.05) is 33.4 Å². The minimum absolute atomic E-state index is 0.0258. The van der Waals surface area contributed by atoms with Crippen molar-refractivity contribution in [2.24, 2.45) is 5.92 Å². The van der Waals surface area contributed by atoms with Crippen molar-refractivity contribution in [1.82, 2.24) is 9.62 Å². The van der Waals surface area contributed by atoms with E-state index in [0.29, 0.717) is 31.0 Å². The molecular formula is C18H25ClN2O5S. The molecule has 0 bridgehead atoms. The van der Waals surface area contributed by atoms with Gasteiger partial charge in [0.15, 0.2) is 0 Å². The molecule has 2 saturated heterocycles. The predicted octanol–water partition coefficient (Wildman–Crippen LogP) is 2.04. The number of carbonyl (C=O) groups is 1. The molecule has 0 unspecified atom stereocenters. The highest BCUT2D eigenvalue weighted by Crippen LogP contribution is 2.32. The lowest BCUT2D eigenvalue weighted by atomic mass is 9.99. The normalized spacial score (nSPS) is 23.9. The van der Waals surface area contributed by atoms with Crippen LogP contribution in [0.4, 0.5) is 0 Å². The molecule has 1 amide bonds. The van der Waals surface area contributed by atoms with Crippen LogP contribution in [-0.4, -0.2) is 58.1 Å². The smallest absolute Gasteiger partial charge is 0.246 e. The van der Waals surface area contributed by atoms with Gasteiger partial charge in [0.1, 0.15) is 10.6 Å². The van der Waals surface area contributed by atoms with Crippen molar-refractivity contribution in [3.05, 3.63) is 23.2 Å². The number of amides is 1. The Labute approximate surface area is 165 Å². The average Bonchev–Trinajstić information content (AvgIpc) is 3.19. The first-order valence-corrected chi connectivity index (χ1v) is 11.0. The van der Waals surface area contributed by atoms with Gasteiger partial charge in [-0.25, -0.2) is 8.42 Å². The van der Waals surface area contributed by atoms with Crippen LogP contribution in [0.1, 0.15) is 25.7 Å². The van der Waals surface area contributed by atoms with E-state index in [9.17, 15) is 13.2 Å². The summed E-state index contributed by atoms with van der Waals surface area (Å²) in [6.45, 7) is 1.73. The van der Waals surface area contributed by atoms with Gasteiger partial charge in [0.25, 0.3) is 0 Å². The number of sulfonamides is 1. The summed E-state index contributed by atoms with van der Waals surface area (Å²) in [5.74, 6) is -0.257. The second-order valence-corrected chi connectivity index (χ2v) is 9.22. The van der Waals surface area contributed by atoms with Gasteiger partial charge >= 0.3 is 0 Å². The molecule has 0 aromatic heterocycles. The van der Waals surface area contributed by atoms with E-state index in [1.165, 1.54) is 23.5 Å². The van der Waals surface area contributed by atoms with Crippen LogP contribution in [0.3, 0.4) is 0 Å². The van der Waals surface area contributed by atoms with Gasteiger partial charge in [0.05, 0.1) is 19.1 Å². The molecule has 0 saturated carbocycles. The Bertz CT molecular complexity index is 780. The zero-order valence-corrected chi connectivity index (χ0v) is 16.9. The Kier molecular flexibility index (Phi) is 6.62. The maximum absolute atomic E-state index is 13.1. The number of benzene rings is 1. The second kappa shape index (κ2) is 8.77. The van der Waals surface area contributed by atoms with Crippen molar-refractivity contribution in [3.63, 3.8) is 0 Å². The van der Waals surface area contributed by atoms with Gasteiger partial charge in [-0.3, -0.25) is 4.79 Å². The summed E-state index contributed by atoms with van der Waals surface area (Å²) in [6, 6.07) is 4.50. The van der Waals surface area contributed by atoms with Crippen LogP contribution in [0.15, 0.2) is 23.1 Å². The van der Waals surface area contributed by atoms with Gasteiger partial charge < -0.3 is 14.8 Å². The summed E-state index contributed by atoms with van der Waals surface area (Å²) in [5, 5.41) is 3.22.